The van der Waals surface area contributed by atoms with Crippen LogP contribution in [0.5, 0.6) is 0 Å². The predicted molar refractivity (Wildman–Crippen MR) is 106 cm³/mol. The van der Waals surface area contributed by atoms with Gasteiger partial charge in [0.2, 0.25) is 5.91 Å². The highest BCUT2D eigenvalue weighted by atomic mass is 35.5. The molecule has 25 heavy (non-hydrogen) atoms. The van der Waals surface area contributed by atoms with Gasteiger partial charge in [0.05, 0.1) is 17.3 Å². The molecule has 4 nitrogen and oxygen atoms in total. The first-order valence-corrected chi connectivity index (χ1v) is 10.1. The zero-order valence-corrected chi connectivity index (χ0v) is 16.4. The largest absolute Gasteiger partial charge is 0.301 e. The number of thiazole rings is 1. The zero-order chi connectivity index (χ0) is 17.8. The van der Waals surface area contributed by atoms with Crippen LogP contribution < -0.4 is 5.32 Å². The lowest BCUT2D eigenvalue weighted by Gasteiger charge is -2.30. The Morgan fingerprint density at radius 3 is 2.80 bits per heavy atom. The van der Waals surface area contributed by atoms with E-state index in [1.54, 1.807) is 12.1 Å². The maximum atomic E-state index is 12.3. The molecule has 3 rings (SSSR count). The van der Waals surface area contributed by atoms with E-state index >= 15 is 0 Å². The summed E-state index contributed by atoms with van der Waals surface area (Å²) in [6, 6.07) is 5.82. The fraction of sp³-hybridized carbons (Fsp3) is 0.444. The molecule has 0 spiro atoms. The van der Waals surface area contributed by atoms with Crippen molar-refractivity contribution in [2.24, 2.45) is 0 Å². The van der Waals surface area contributed by atoms with Crippen molar-refractivity contribution in [2.75, 3.05) is 18.9 Å². The molecule has 1 amide bonds. The third kappa shape index (κ3) is 4.94. The molecule has 0 atom stereocenters. The van der Waals surface area contributed by atoms with Gasteiger partial charge in [-0.25, -0.2) is 4.98 Å². The monoisotopic (exact) mass is 397 g/mol. The number of halogens is 2. The van der Waals surface area contributed by atoms with Crippen LogP contribution in [0.15, 0.2) is 23.6 Å². The van der Waals surface area contributed by atoms with Crippen molar-refractivity contribution < 1.29 is 4.79 Å². The van der Waals surface area contributed by atoms with E-state index in [0.29, 0.717) is 27.8 Å². The van der Waals surface area contributed by atoms with E-state index in [2.05, 4.69) is 15.2 Å². The van der Waals surface area contributed by atoms with Crippen molar-refractivity contribution in [1.82, 2.24) is 9.88 Å². The van der Waals surface area contributed by atoms with E-state index in [4.69, 9.17) is 23.2 Å². The van der Waals surface area contributed by atoms with Crippen LogP contribution in [0.2, 0.25) is 10.0 Å². The van der Waals surface area contributed by atoms with Gasteiger partial charge >= 0.3 is 0 Å². The minimum Gasteiger partial charge on any atom is -0.301 e. The molecule has 2 aromatic rings. The van der Waals surface area contributed by atoms with E-state index in [1.165, 1.54) is 43.4 Å². The molecule has 1 aromatic heterocycles. The third-order valence-corrected chi connectivity index (χ3v) is 5.85. The molecule has 1 aliphatic rings. The average molecular weight is 398 g/mol. The van der Waals surface area contributed by atoms with Gasteiger partial charge in [0.25, 0.3) is 0 Å². The van der Waals surface area contributed by atoms with Crippen LogP contribution in [-0.4, -0.2) is 35.4 Å². The molecule has 0 radical (unpaired) electrons. The smallest absolute Gasteiger partial charge is 0.240 e. The molecule has 1 N–H and O–H groups in total. The molecule has 0 bridgehead atoms. The van der Waals surface area contributed by atoms with Gasteiger partial charge in [-0.3, -0.25) is 9.69 Å². The number of carbonyl (C=O) groups excluding carboxylic acids is 1. The molecule has 0 aliphatic heterocycles. The van der Waals surface area contributed by atoms with Gasteiger partial charge in [-0.2, -0.15) is 0 Å². The van der Waals surface area contributed by atoms with Crippen LogP contribution in [-0.2, 0) is 4.79 Å². The maximum absolute atomic E-state index is 12.3. The Bertz CT molecular complexity index is 744. The molecule has 1 heterocycles. The van der Waals surface area contributed by atoms with Gasteiger partial charge in [0.15, 0.2) is 5.13 Å². The van der Waals surface area contributed by atoms with Gasteiger partial charge in [-0.05, 0) is 38.1 Å². The van der Waals surface area contributed by atoms with E-state index < -0.39 is 0 Å². The second-order valence-electron chi connectivity index (χ2n) is 6.42. The fourth-order valence-electron chi connectivity index (χ4n) is 3.19. The Morgan fingerprint density at radius 2 is 2.08 bits per heavy atom. The predicted octanol–water partition coefficient (Wildman–Crippen LogP) is 5.32. The number of amides is 1. The Hall–Kier alpha value is -1.14. The second kappa shape index (κ2) is 8.49. The van der Waals surface area contributed by atoms with Crippen LogP contribution in [0.1, 0.15) is 32.1 Å². The lowest BCUT2D eigenvalue weighted by molar-refractivity contribution is -0.117. The van der Waals surface area contributed by atoms with Crippen LogP contribution >= 0.6 is 34.5 Å². The summed E-state index contributed by atoms with van der Waals surface area (Å²) in [5, 5.41) is 6.50. The Morgan fingerprint density at radius 1 is 1.32 bits per heavy atom. The number of nitrogens with zero attached hydrogens (tertiary/aromatic N) is 2. The first-order chi connectivity index (χ1) is 12.0. The molecule has 0 saturated heterocycles. The molecule has 0 unspecified atom stereocenters. The van der Waals surface area contributed by atoms with Crippen LogP contribution in [0.4, 0.5) is 5.13 Å². The number of aromatic nitrogens is 1. The number of nitrogens with one attached hydrogen (secondary N) is 1. The van der Waals surface area contributed by atoms with Gasteiger partial charge in [0.1, 0.15) is 0 Å². The summed E-state index contributed by atoms with van der Waals surface area (Å²) in [6.07, 6.45) is 6.19. The number of hydrogen-bond acceptors (Lipinski definition) is 4. The second-order valence-corrected chi connectivity index (χ2v) is 8.12. The van der Waals surface area contributed by atoms with Crippen molar-refractivity contribution in [2.45, 2.75) is 38.1 Å². The molecular weight excluding hydrogens is 377 g/mol. The highest BCUT2D eigenvalue weighted by Crippen LogP contribution is 2.32. The lowest BCUT2D eigenvalue weighted by atomic mass is 9.94. The maximum Gasteiger partial charge on any atom is 0.240 e. The number of benzene rings is 1. The topological polar surface area (TPSA) is 45.2 Å². The summed E-state index contributed by atoms with van der Waals surface area (Å²) < 4.78 is 0. The van der Waals surface area contributed by atoms with Gasteiger partial charge < -0.3 is 5.32 Å². The number of carbonyl (C=O) groups is 1. The fourth-order valence-corrected chi connectivity index (χ4v) is 4.42. The zero-order valence-electron chi connectivity index (χ0n) is 14.1. The highest BCUT2D eigenvalue weighted by Gasteiger charge is 2.20. The molecular formula is C18H21Cl2N3OS. The third-order valence-electron chi connectivity index (χ3n) is 4.55. The molecule has 1 aromatic carbocycles. The van der Waals surface area contributed by atoms with E-state index in [0.717, 1.165) is 11.3 Å². The van der Waals surface area contributed by atoms with E-state index in [1.807, 2.05) is 18.5 Å². The van der Waals surface area contributed by atoms with Crippen LogP contribution in [0.3, 0.4) is 0 Å². The number of rotatable bonds is 5. The standard InChI is InChI=1S/C18H21Cl2N3OS/c1-23(13-5-3-2-4-6-13)10-17(24)22-18-21-16(11-25-18)14-8-7-12(19)9-15(14)20/h7-9,11,13H,2-6,10H2,1H3,(H,21,22,24). The van der Waals surface area contributed by atoms with E-state index in [9.17, 15) is 4.79 Å². The summed E-state index contributed by atoms with van der Waals surface area (Å²) >= 11 is 13.5. The minimum absolute atomic E-state index is 0.0313. The molecule has 1 fully saturated rings. The van der Waals surface area contributed by atoms with Crippen molar-refractivity contribution in [1.29, 1.82) is 0 Å². The highest BCUT2D eigenvalue weighted by molar-refractivity contribution is 7.14. The Labute approximate surface area is 162 Å². The summed E-state index contributed by atoms with van der Waals surface area (Å²) in [5.74, 6) is -0.0313. The van der Waals surface area contributed by atoms with Crippen molar-refractivity contribution in [3.63, 3.8) is 0 Å². The summed E-state index contributed by atoms with van der Waals surface area (Å²) in [6.45, 7) is 0.390. The van der Waals surface area contributed by atoms with E-state index in [-0.39, 0.29) is 5.91 Å². The van der Waals surface area contributed by atoms with Crippen molar-refractivity contribution >= 4 is 45.6 Å². The minimum atomic E-state index is -0.0313. The summed E-state index contributed by atoms with van der Waals surface area (Å²) in [4.78, 5) is 18.9. The molecule has 7 heteroatoms. The molecule has 1 saturated carbocycles. The Balaban J connectivity index is 1.60. The van der Waals surface area contributed by atoms with Crippen molar-refractivity contribution in [3.05, 3.63) is 33.6 Å². The SMILES string of the molecule is CN(CC(=O)Nc1nc(-c2ccc(Cl)cc2Cl)cs1)C1CCCCC1. The van der Waals surface area contributed by atoms with Crippen molar-refractivity contribution in [3.8, 4) is 11.3 Å². The van der Waals surface area contributed by atoms with Gasteiger partial charge in [0, 0.05) is 22.0 Å². The first-order valence-electron chi connectivity index (χ1n) is 8.44. The summed E-state index contributed by atoms with van der Waals surface area (Å²) in [7, 11) is 2.02. The normalized spacial score (nSPS) is 15.5. The number of hydrogen-bond donors (Lipinski definition) is 1. The number of likely N-dealkylation sites (N-methyl/N-ethyl adjacent to an activating group) is 1. The number of anilines is 1. The Kier molecular flexibility index (Phi) is 6.34. The average Bonchev–Trinajstić information content (AvgIpc) is 3.03. The lowest BCUT2D eigenvalue weighted by Crippen LogP contribution is -2.39. The first kappa shape index (κ1) is 18.6. The van der Waals surface area contributed by atoms with Gasteiger partial charge in [-0.1, -0.05) is 42.5 Å². The molecule has 134 valence electrons. The molecule has 1 aliphatic carbocycles. The quantitative estimate of drug-likeness (QED) is 0.742. The summed E-state index contributed by atoms with van der Waals surface area (Å²) in [5.41, 5.74) is 1.55. The van der Waals surface area contributed by atoms with Crippen LogP contribution in [0.25, 0.3) is 11.3 Å². The van der Waals surface area contributed by atoms with Gasteiger partial charge in [-0.15, -0.1) is 11.3 Å². The van der Waals surface area contributed by atoms with Crippen LogP contribution in [0, 0.1) is 0 Å².